The van der Waals surface area contributed by atoms with E-state index in [1.165, 1.54) is 11.3 Å². The molecule has 3 aromatic carbocycles. The molecular weight excluding hydrogens is 370 g/mol. The van der Waals surface area contributed by atoms with Crippen LogP contribution in [0.25, 0.3) is 42.8 Å². The van der Waals surface area contributed by atoms with Crippen LogP contribution in [0.4, 0.5) is 0 Å². The molecule has 5 aromatic rings. The number of thiazole rings is 1. The molecular formula is C23H15NO3S. The van der Waals surface area contributed by atoms with E-state index in [0.29, 0.717) is 16.2 Å². The Balaban J connectivity index is 1.64. The van der Waals surface area contributed by atoms with Gasteiger partial charge in [0.05, 0.1) is 17.6 Å². The lowest BCUT2D eigenvalue weighted by Crippen LogP contribution is -2.02. The molecule has 0 amide bonds. The number of rotatable bonds is 3. The molecule has 0 bridgehead atoms. The van der Waals surface area contributed by atoms with Crippen molar-refractivity contribution >= 4 is 33.1 Å². The van der Waals surface area contributed by atoms with Gasteiger partial charge in [0.1, 0.15) is 16.3 Å². The third-order valence-electron chi connectivity index (χ3n) is 4.75. The maximum Gasteiger partial charge on any atom is 0.346 e. The molecule has 5 heteroatoms. The van der Waals surface area contributed by atoms with Crippen LogP contribution >= 0.6 is 11.3 Å². The standard InChI is InChI=1S/C23H15NO3S/c1-26-16-9-6-15(7-10-16)21-13-24-22(28-21)19-12-18-17-5-3-2-4-14(17)8-11-20(18)27-23(19)25/h2-13H,1H3. The number of ether oxygens (including phenoxy) is 1. The summed E-state index contributed by atoms with van der Waals surface area (Å²) in [6.45, 7) is 0. The summed E-state index contributed by atoms with van der Waals surface area (Å²) in [4.78, 5) is 18.0. The number of benzene rings is 3. The Morgan fingerprint density at radius 3 is 2.61 bits per heavy atom. The molecule has 136 valence electrons. The van der Waals surface area contributed by atoms with E-state index >= 15 is 0 Å². The summed E-state index contributed by atoms with van der Waals surface area (Å²) in [5.41, 5.74) is 1.71. The average Bonchev–Trinajstić information content (AvgIpc) is 3.23. The number of nitrogens with zero attached hydrogens (tertiary/aromatic N) is 1. The SMILES string of the molecule is COc1ccc(-c2cnc(-c3cc4c(ccc5ccccc54)oc3=O)s2)cc1. The monoisotopic (exact) mass is 385 g/mol. The van der Waals surface area contributed by atoms with Gasteiger partial charge in [0.15, 0.2) is 0 Å². The van der Waals surface area contributed by atoms with Crippen molar-refractivity contribution in [3.8, 4) is 26.8 Å². The predicted octanol–water partition coefficient (Wildman–Crippen LogP) is 5.75. The van der Waals surface area contributed by atoms with Crippen LogP contribution in [0.15, 0.2) is 82.1 Å². The third-order valence-corrected chi connectivity index (χ3v) is 5.83. The molecule has 0 spiro atoms. The third kappa shape index (κ3) is 2.77. The minimum atomic E-state index is -0.376. The zero-order chi connectivity index (χ0) is 19.1. The van der Waals surface area contributed by atoms with Gasteiger partial charge < -0.3 is 9.15 Å². The van der Waals surface area contributed by atoms with Gasteiger partial charge in [0, 0.05) is 11.6 Å². The highest BCUT2D eigenvalue weighted by Crippen LogP contribution is 2.33. The first kappa shape index (κ1) is 16.7. The molecule has 2 aromatic heterocycles. The lowest BCUT2D eigenvalue weighted by Gasteiger charge is -2.04. The van der Waals surface area contributed by atoms with Gasteiger partial charge in [-0.3, -0.25) is 0 Å². The highest BCUT2D eigenvalue weighted by molar-refractivity contribution is 7.18. The molecule has 4 nitrogen and oxygen atoms in total. The molecule has 28 heavy (non-hydrogen) atoms. The molecule has 0 aliphatic rings. The Hall–Kier alpha value is -3.44. The summed E-state index contributed by atoms with van der Waals surface area (Å²) in [5, 5.41) is 3.72. The first-order valence-electron chi connectivity index (χ1n) is 8.79. The van der Waals surface area contributed by atoms with Crippen LogP contribution in [-0.4, -0.2) is 12.1 Å². The Labute approximate surface area is 164 Å². The van der Waals surface area contributed by atoms with Gasteiger partial charge in [0.25, 0.3) is 0 Å². The van der Waals surface area contributed by atoms with Crippen LogP contribution in [0.2, 0.25) is 0 Å². The molecule has 0 aliphatic heterocycles. The predicted molar refractivity (Wildman–Crippen MR) is 113 cm³/mol. The van der Waals surface area contributed by atoms with E-state index in [0.717, 1.165) is 32.3 Å². The zero-order valence-corrected chi connectivity index (χ0v) is 15.8. The molecule has 0 fully saturated rings. The summed E-state index contributed by atoms with van der Waals surface area (Å²) in [6, 6.07) is 21.5. The highest BCUT2D eigenvalue weighted by Gasteiger charge is 2.14. The van der Waals surface area contributed by atoms with Gasteiger partial charge in [-0.2, -0.15) is 0 Å². The minimum absolute atomic E-state index is 0.376. The van der Waals surface area contributed by atoms with E-state index in [4.69, 9.17) is 9.15 Å². The number of hydrogen-bond acceptors (Lipinski definition) is 5. The van der Waals surface area contributed by atoms with Crippen molar-refractivity contribution in [2.45, 2.75) is 0 Å². The lowest BCUT2D eigenvalue weighted by atomic mass is 10.0. The van der Waals surface area contributed by atoms with Crippen LogP contribution in [0, 0.1) is 0 Å². The molecule has 0 unspecified atom stereocenters. The number of fused-ring (bicyclic) bond motifs is 3. The van der Waals surface area contributed by atoms with Gasteiger partial charge >= 0.3 is 5.63 Å². The highest BCUT2D eigenvalue weighted by atomic mass is 32.1. The van der Waals surface area contributed by atoms with E-state index in [-0.39, 0.29) is 5.63 Å². The summed E-state index contributed by atoms with van der Waals surface area (Å²) < 4.78 is 10.8. The molecule has 0 saturated heterocycles. The van der Waals surface area contributed by atoms with Crippen molar-refractivity contribution in [1.29, 1.82) is 0 Å². The maximum atomic E-state index is 12.6. The van der Waals surface area contributed by atoms with E-state index < -0.39 is 0 Å². The lowest BCUT2D eigenvalue weighted by molar-refractivity contribution is 0.415. The quantitative estimate of drug-likeness (QED) is 0.293. The van der Waals surface area contributed by atoms with Crippen LogP contribution in [0.5, 0.6) is 5.75 Å². The second kappa shape index (κ2) is 6.62. The van der Waals surface area contributed by atoms with Crippen LogP contribution < -0.4 is 10.4 Å². The molecule has 0 atom stereocenters. The molecule has 0 aliphatic carbocycles. The number of hydrogen-bond donors (Lipinski definition) is 0. The fourth-order valence-corrected chi connectivity index (χ4v) is 4.23. The van der Waals surface area contributed by atoms with E-state index in [9.17, 15) is 4.79 Å². The number of methoxy groups -OCH3 is 1. The van der Waals surface area contributed by atoms with Crippen molar-refractivity contribution in [2.24, 2.45) is 0 Å². The molecule has 0 radical (unpaired) electrons. The second-order valence-electron chi connectivity index (χ2n) is 6.40. The van der Waals surface area contributed by atoms with Crippen molar-refractivity contribution in [3.63, 3.8) is 0 Å². The zero-order valence-electron chi connectivity index (χ0n) is 15.0. The molecule has 2 heterocycles. The average molecular weight is 385 g/mol. The van der Waals surface area contributed by atoms with Crippen molar-refractivity contribution < 1.29 is 9.15 Å². The largest absolute Gasteiger partial charge is 0.497 e. The molecule has 0 saturated carbocycles. The van der Waals surface area contributed by atoms with E-state index in [1.807, 2.05) is 66.7 Å². The Kier molecular flexibility index (Phi) is 3.95. The summed E-state index contributed by atoms with van der Waals surface area (Å²) in [5.74, 6) is 0.801. The second-order valence-corrected chi connectivity index (χ2v) is 7.43. The fourth-order valence-electron chi connectivity index (χ4n) is 3.31. The Morgan fingerprint density at radius 1 is 0.964 bits per heavy atom. The normalized spacial score (nSPS) is 11.2. The first-order chi connectivity index (χ1) is 13.7. The van der Waals surface area contributed by atoms with Crippen molar-refractivity contribution in [3.05, 3.63) is 83.3 Å². The van der Waals surface area contributed by atoms with E-state index in [2.05, 4.69) is 4.98 Å². The topological polar surface area (TPSA) is 52.3 Å². The number of aromatic nitrogens is 1. The maximum absolute atomic E-state index is 12.6. The van der Waals surface area contributed by atoms with Crippen LogP contribution in [0.3, 0.4) is 0 Å². The Bertz CT molecular complexity index is 1370. The van der Waals surface area contributed by atoms with Gasteiger partial charge in [-0.15, -0.1) is 11.3 Å². The van der Waals surface area contributed by atoms with Crippen LogP contribution in [0.1, 0.15) is 0 Å². The van der Waals surface area contributed by atoms with E-state index in [1.54, 1.807) is 13.3 Å². The van der Waals surface area contributed by atoms with Crippen molar-refractivity contribution in [1.82, 2.24) is 4.98 Å². The molecule has 5 rings (SSSR count). The van der Waals surface area contributed by atoms with Gasteiger partial charge in [-0.25, -0.2) is 9.78 Å². The first-order valence-corrected chi connectivity index (χ1v) is 9.61. The van der Waals surface area contributed by atoms with Gasteiger partial charge in [0.2, 0.25) is 0 Å². The van der Waals surface area contributed by atoms with Gasteiger partial charge in [-0.05, 0) is 52.7 Å². The fraction of sp³-hybridized carbons (Fsp3) is 0.0435. The van der Waals surface area contributed by atoms with Gasteiger partial charge in [-0.1, -0.05) is 30.3 Å². The Morgan fingerprint density at radius 2 is 1.79 bits per heavy atom. The summed E-state index contributed by atoms with van der Waals surface area (Å²) >= 11 is 1.47. The minimum Gasteiger partial charge on any atom is -0.497 e. The molecule has 0 N–H and O–H groups in total. The van der Waals surface area contributed by atoms with Crippen molar-refractivity contribution in [2.75, 3.05) is 7.11 Å². The summed E-state index contributed by atoms with van der Waals surface area (Å²) in [6.07, 6.45) is 1.79. The van der Waals surface area contributed by atoms with Crippen LogP contribution in [-0.2, 0) is 0 Å². The smallest absolute Gasteiger partial charge is 0.346 e. The summed E-state index contributed by atoms with van der Waals surface area (Å²) in [7, 11) is 1.64.